The number of thiazole rings is 1. The molecular weight excluding hydrogens is 450 g/mol. The predicted octanol–water partition coefficient (Wildman–Crippen LogP) is 7.55. The first-order valence-corrected chi connectivity index (χ1v) is 11.7. The summed E-state index contributed by atoms with van der Waals surface area (Å²) in [6.45, 7) is 4.14. The lowest BCUT2D eigenvalue weighted by molar-refractivity contribution is 0.102. The first kappa shape index (κ1) is 21.3. The molecule has 162 valence electrons. The molecule has 0 aliphatic rings. The molecule has 1 amide bonds. The third-order valence-corrected chi connectivity index (χ3v) is 6.49. The number of aromatic nitrogens is 2. The second-order valence-corrected chi connectivity index (χ2v) is 9.18. The van der Waals surface area contributed by atoms with Crippen LogP contribution in [0.1, 0.15) is 21.5 Å². The Kier molecular flexibility index (Phi) is 5.67. The largest absolute Gasteiger partial charge is 0.298 e. The Hall–Kier alpha value is -3.54. The quantitative estimate of drug-likeness (QED) is 0.295. The normalized spacial score (nSPS) is 11.0. The highest BCUT2D eigenvalue weighted by molar-refractivity contribution is 7.14. The van der Waals surface area contributed by atoms with Gasteiger partial charge in [-0.1, -0.05) is 65.7 Å². The third-order valence-electron chi connectivity index (χ3n) is 5.48. The summed E-state index contributed by atoms with van der Waals surface area (Å²) in [5.74, 6) is -0.217. The van der Waals surface area contributed by atoms with E-state index in [1.807, 2.05) is 60.0 Å². The number of rotatable bonds is 4. The molecule has 3 aromatic carbocycles. The summed E-state index contributed by atoms with van der Waals surface area (Å²) in [6, 6.07) is 23.2. The van der Waals surface area contributed by atoms with Crippen molar-refractivity contribution in [1.29, 1.82) is 0 Å². The van der Waals surface area contributed by atoms with Gasteiger partial charge in [-0.2, -0.15) is 0 Å². The van der Waals surface area contributed by atoms with E-state index in [-0.39, 0.29) is 5.91 Å². The molecule has 0 atom stereocenters. The number of para-hydroxylation sites is 1. The summed E-state index contributed by atoms with van der Waals surface area (Å²) >= 11 is 7.45. The molecule has 33 heavy (non-hydrogen) atoms. The third kappa shape index (κ3) is 4.38. The summed E-state index contributed by atoms with van der Waals surface area (Å²) in [5.41, 5.74) is 7.20. The Morgan fingerprint density at radius 2 is 1.70 bits per heavy atom. The fraction of sp³-hybridized carbons (Fsp3) is 0.0741. The van der Waals surface area contributed by atoms with Gasteiger partial charge in [0.25, 0.3) is 5.91 Å². The van der Waals surface area contributed by atoms with Crippen LogP contribution in [0.2, 0.25) is 5.02 Å². The minimum Gasteiger partial charge on any atom is -0.298 e. The van der Waals surface area contributed by atoms with Crippen molar-refractivity contribution in [3.63, 3.8) is 0 Å². The van der Waals surface area contributed by atoms with Crippen LogP contribution in [0.25, 0.3) is 33.4 Å². The van der Waals surface area contributed by atoms with E-state index in [1.54, 1.807) is 0 Å². The molecule has 0 radical (unpaired) electrons. The lowest BCUT2D eigenvalue weighted by atomic mass is 10.0. The highest BCUT2D eigenvalue weighted by Crippen LogP contribution is 2.30. The molecule has 2 aromatic heterocycles. The number of anilines is 1. The van der Waals surface area contributed by atoms with Gasteiger partial charge in [0.2, 0.25) is 0 Å². The highest BCUT2D eigenvalue weighted by Gasteiger charge is 2.16. The van der Waals surface area contributed by atoms with Crippen molar-refractivity contribution in [2.45, 2.75) is 13.8 Å². The maximum atomic E-state index is 13.3. The van der Waals surface area contributed by atoms with Gasteiger partial charge in [0.15, 0.2) is 5.13 Å². The van der Waals surface area contributed by atoms with Crippen LogP contribution in [0.5, 0.6) is 0 Å². The number of amides is 1. The number of halogens is 1. The van der Waals surface area contributed by atoms with Gasteiger partial charge in [0, 0.05) is 26.9 Å². The van der Waals surface area contributed by atoms with Crippen LogP contribution >= 0.6 is 22.9 Å². The lowest BCUT2D eigenvalue weighted by Crippen LogP contribution is -2.13. The minimum atomic E-state index is -0.217. The van der Waals surface area contributed by atoms with Crippen LogP contribution in [0.3, 0.4) is 0 Å². The van der Waals surface area contributed by atoms with Crippen molar-refractivity contribution in [2.75, 3.05) is 5.32 Å². The van der Waals surface area contributed by atoms with Crippen LogP contribution in [0, 0.1) is 13.8 Å². The summed E-state index contributed by atoms with van der Waals surface area (Å²) in [7, 11) is 0. The summed E-state index contributed by atoms with van der Waals surface area (Å²) in [5, 5.41) is 6.95. The number of aryl methyl sites for hydroxylation is 2. The molecule has 5 rings (SSSR count). The zero-order chi connectivity index (χ0) is 22.9. The second-order valence-electron chi connectivity index (χ2n) is 7.89. The average Bonchev–Trinajstić information content (AvgIpc) is 3.26. The van der Waals surface area contributed by atoms with Crippen molar-refractivity contribution < 1.29 is 4.79 Å². The number of pyridine rings is 1. The lowest BCUT2D eigenvalue weighted by Gasteiger charge is -2.10. The monoisotopic (exact) mass is 469 g/mol. The van der Waals surface area contributed by atoms with Gasteiger partial charge in [0.1, 0.15) is 0 Å². The topological polar surface area (TPSA) is 54.9 Å². The van der Waals surface area contributed by atoms with Crippen LogP contribution in [-0.2, 0) is 0 Å². The van der Waals surface area contributed by atoms with Gasteiger partial charge in [0.05, 0.1) is 22.5 Å². The van der Waals surface area contributed by atoms with Crippen molar-refractivity contribution >= 4 is 44.9 Å². The minimum absolute atomic E-state index is 0.217. The molecule has 0 bridgehead atoms. The van der Waals surface area contributed by atoms with E-state index in [4.69, 9.17) is 16.6 Å². The maximum absolute atomic E-state index is 13.3. The molecule has 0 fully saturated rings. The molecule has 2 heterocycles. The number of fused-ring (bicyclic) bond motifs is 1. The smallest absolute Gasteiger partial charge is 0.258 e. The number of hydrogen-bond donors (Lipinski definition) is 1. The van der Waals surface area contributed by atoms with Crippen LogP contribution < -0.4 is 5.32 Å². The zero-order valence-electron chi connectivity index (χ0n) is 18.1. The molecule has 6 heteroatoms. The molecule has 5 aromatic rings. The zero-order valence-corrected chi connectivity index (χ0v) is 19.7. The van der Waals surface area contributed by atoms with Gasteiger partial charge in [-0.25, -0.2) is 9.97 Å². The highest BCUT2D eigenvalue weighted by atomic mass is 35.5. The Morgan fingerprint density at radius 1 is 0.909 bits per heavy atom. The molecule has 0 spiro atoms. The van der Waals surface area contributed by atoms with Gasteiger partial charge in [-0.3, -0.25) is 10.1 Å². The number of benzene rings is 3. The Balaban J connectivity index is 1.50. The van der Waals surface area contributed by atoms with Gasteiger partial charge < -0.3 is 0 Å². The van der Waals surface area contributed by atoms with E-state index in [1.165, 1.54) is 16.9 Å². The molecule has 4 nitrogen and oxygen atoms in total. The SMILES string of the molecule is Cc1ccc(-c2csc(NC(=O)c3cc(-c4ccc(Cl)cc4)nc4ccccc34)n2)c(C)c1. The standard InChI is InChI=1S/C27H20ClN3OS/c1-16-7-12-20(17(2)13-16)25-15-33-27(30-25)31-26(32)22-14-24(18-8-10-19(28)11-9-18)29-23-6-4-3-5-21(22)23/h3-15H,1-2H3,(H,30,31,32). The van der Waals surface area contributed by atoms with Crippen LogP contribution in [0.4, 0.5) is 5.13 Å². The average molecular weight is 470 g/mol. The molecular formula is C27H20ClN3OS. The fourth-order valence-corrected chi connectivity index (χ4v) is 4.68. The molecule has 0 saturated carbocycles. The number of carbonyl (C=O) groups is 1. The number of carbonyl (C=O) groups excluding carboxylic acids is 1. The van der Waals surface area contributed by atoms with Crippen molar-refractivity contribution in [2.24, 2.45) is 0 Å². The summed E-state index contributed by atoms with van der Waals surface area (Å²) in [4.78, 5) is 22.7. The van der Waals surface area contributed by atoms with Gasteiger partial charge in [-0.05, 0) is 43.7 Å². The first-order valence-electron chi connectivity index (χ1n) is 10.5. The maximum Gasteiger partial charge on any atom is 0.258 e. The first-order chi connectivity index (χ1) is 16.0. The molecule has 0 aliphatic heterocycles. The van der Waals surface area contributed by atoms with E-state index in [0.29, 0.717) is 21.4 Å². The van der Waals surface area contributed by atoms with Gasteiger partial charge >= 0.3 is 0 Å². The van der Waals surface area contributed by atoms with Crippen LogP contribution in [0.15, 0.2) is 78.2 Å². The number of nitrogens with zero attached hydrogens (tertiary/aromatic N) is 2. The van der Waals surface area contributed by atoms with E-state index in [9.17, 15) is 4.79 Å². The fourth-order valence-electron chi connectivity index (χ4n) is 3.85. The van der Waals surface area contributed by atoms with E-state index < -0.39 is 0 Å². The summed E-state index contributed by atoms with van der Waals surface area (Å²) < 4.78 is 0. The Labute approximate surface area is 200 Å². The molecule has 0 saturated heterocycles. The van der Waals surface area contributed by atoms with Crippen molar-refractivity contribution in [3.05, 3.63) is 99.9 Å². The Bertz CT molecular complexity index is 1490. The summed E-state index contributed by atoms with van der Waals surface area (Å²) in [6.07, 6.45) is 0. The second kappa shape index (κ2) is 8.77. The van der Waals surface area contributed by atoms with Crippen LogP contribution in [-0.4, -0.2) is 15.9 Å². The number of nitrogens with one attached hydrogen (secondary N) is 1. The van der Waals surface area contributed by atoms with Crippen molar-refractivity contribution in [1.82, 2.24) is 9.97 Å². The number of hydrogen-bond acceptors (Lipinski definition) is 4. The van der Waals surface area contributed by atoms with Crippen molar-refractivity contribution in [3.8, 4) is 22.5 Å². The molecule has 0 unspecified atom stereocenters. The predicted molar refractivity (Wildman–Crippen MR) is 137 cm³/mol. The van der Waals surface area contributed by atoms with E-state index in [0.717, 1.165) is 33.3 Å². The van der Waals surface area contributed by atoms with E-state index in [2.05, 4.69) is 42.3 Å². The Morgan fingerprint density at radius 3 is 2.48 bits per heavy atom. The van der Waals surface area contributed by atoms with E-state index >= 15 is 0 Å². The molecule has 1 N–H and O–H groups in total. The van der Waals surface area contributed by atoms with Gasteiger partial charge in [-0.15, -0.1) is 11.3 Å². The molecule has 0 aliphatic carbocycles.